The van der Waals surface area contributed by atoms with Gasteiger partial charge in [-0.1, -0.05) is 6.07 Å². The van der Waals surface area contributed by atoms with Gasteiger partial charge < -0.3 is 10.1 Å². The molecule has 0 bridgehead atoms. The largest absolute Gasteiger partial charge is 0.497 e. The van der Waals surface area contributed by atoms with E-state index in [4.69, 9.17) is 4.74 Å². The van der Waals surface area contributed by atoms with Crippen LogP contribution >= 0.6 is 0 Å². The molecule has 2 N–H and O–H groups in total. The lowest BCUT2D eigenvalue weighted by Crippen LogP contribution is -2.23. The first-order chi connectivity index (χ1) is 13.5. The van der Waals surface area contributed by atoms with Gasteiger partial charge in [-0.2, -0.15) is 0 Å². The van der Waals surface area contributed by atoms with Crippen molar-refractivity contribution in [3.63, 3.8) is 0 Å². The second-order valence-corrected chi connectivity index (χ2v) is 7.62. The van der Waals surface area contributed by atoms with Crippen LogP contribution in [0, 0.1) is 0 Å². The van der Waals surface area contributed by atoms with Crippen molar-refractivity contribution in [2.45, 2.75) is 11.4 Å². The van der Waals surface area contributed by atoms with E-state index in [1.165, 1.54) is 24.3 Å². The van der Waals surface area contributed by atoms with Gasteiger partial charge in [-0.05, 0) is 60.7 Å². The first kappa shape index (κ1) is 19.5. The highest BCUT2D eigenvalue weighted by molar-refractivity contribution is 7.89. The molecule has 3 rings (SSSR count). The lowest BCUT2D eigenvalue weighted by atomic mass is 10.2. The second kappa shape index (κ2) is 8.64. The molecule has 0 fully saturated rings. The topological polar surface area (TPSA) is 97.4 Å². The number of amides is 1. The highest BCUT2D eigenvalue weighted by atomic mass is 32.2. The monoisotopic (exact) mass is 397 g/mol. The van der Waals surface area contributed by atoms with Gasteiger partial charge in [0.25, 0.3) is 5.91 Å². The van der Waals surface area contributed by atoms with Crippen molar-refractivity contribution < 1.29 is 17.9 Å². The summed E-state index contributed by atoms with van der Waals surface area (Å²) in [6.07, 6.45) is 1.60. The number of nitrogens with one attached hydrogen (secondary N) is 2. The maximum Gasteiger partial charge on any atom is 0.255 e. The van der Waals surface area contributed by atoms with Gasteiger partial charge in [0.05, 0.1) is 24.2 Å². The summed E-state index contributed by atoms with van der Waals surface area (Å²) in [6, 6.07) is 17.9. The Balaban J connectivity index is 1.65. The third-order valence-electron chi connectivity index (χ3n) is 3.94. The van der Waals surface area contributed by atoms with Gasteiger partial charge in [-0.15, -0.1) is 0 Å². The molecule has 144 valence electrons. The number of sulfonamides is 1. The molecule has 0 aliphatic rings. The fourth-order valence-corrected chi connectivity index (χ4v) is 3.42. The number of ether oxygens (including phenoxy) is 1. The molecule has 0 aliphatic carbocycles. The molecule has 28 heavy (non-hydrogen) atoms. The van der Waals surface area contributed by atoms with E-state index in [1.807, 2.05) is 0 Å². The minimum Gasteiger partial charge on any atom is -0.497 e. The molecule has 8 heteroatoms. The van der Waals surface area contributed by atoms with Crippen LogP contribution in [0.15, 0.2) is 77.8 Å². The van der Waals surface area contributed by atoms with E-state index in [2.05, 4.69) is 15.0 Å². The SMILES string of the molecule is COc1ccc(NC(=O)c2ccc(S(=O)(=O)NCc3ccccn3)cc2)cc1. The van der Waals surface area contributed by atoms with Crippen LogP contribution in [0.4, 0.5) is 5.69 Å². The summed E-state index contributed by atoms with van der Waals surface area (Å²) in [6.45, 7) is 0.0862. The smallest absolute Gasteiger partial charge is 0.255 e. The Hall–Kier alpha value is -3.23. The number of aromatic nitrogens is 1. The van der Waals surface area contributed by atoms with E-state index >= 15 is 0 Å². The van der Waals surface area contributed by atoms with Crippen LogP contribution in [0.5, 0.6) is 5.75 Å². The van der Waals surface area contributed by atoms with Crippen molar-refractivity contribution in [2.24, 2.45) is 0 Å². The maximum absolute atomic E-state index is 12.4. The molecule has 0 radical (unpaired) electrons. The van der Waals surface area contributed by atoms with Crippen LogP contribution in [-0.2, 0) is 16.6 Å². The molecule has 1 aromatic heterocycles. The summed E-state index contributed by atoms with van der Waals surface area (Å²) in [7, 11) is -2.14. The molecule has 0 aliphatic heterocycles. The number of rotatable bonds is 7. The van der Waals surface area contributed by atoms with Gasteiger partial charge in [-0.25, -0.2) is 13.1 Å². The molecule has 0 saturated carbocycles. The number of anilines is 1. The molecular formula is C20H19N3O4S. The van der Waals surface area contributed by atoms with Crippen molar-refractivity contribution in [3.05, 3.63) is 84.2 Å². The Morgan fingerprint density at radius 3 is 2.32 bits per heavy atom. The Labute approximate surface area is 163 Å². The first-order valence-corrected chi connectivity index (χ1v) is 9.91. The Morgan fingerprint density at radius 2 is 1.71 bits per heavy atom. The van der Waals surface area contributed by atoms with Crippen molar-refractivity contribution >= 4 is 21.6 Å². The average molecular weight is 397 g/mol. The molecule has 1 amide bonds. The standard InChI is InChI=1S/C20H19N3O4S/c1-27-18-9-7-16(8-10-18)23-20(24)15-5-11-19(12-6-15)28(25,26)22-14-17-4-2-3-13-21-17/h2-13,22H,14H2,1H3,(H,23,24). The van der Waals surface area contributed by atoms with Crippen molar-refractivity contribution in [2.75, 3.05) is 12.4 Å². The highest BCUT2D eigenvalue weighted by Crippen LogP contribution is 2.17. The number of methoxy groups -OCH3 is 1. The molecule has 3 aromatic rings. The van der Waals surface area contributed by atoms with Crippen LogP contribution in [0.2, 0.25) is 0 Å². The number of hydrogen-bond acceptors (Lipinski definition) is 5. The summed E-state index contributed by atoms with van der Waals surface area (Å²) >= 11 is 0. The molecule has 7 nitrogen and oxygen atoms in total. The molecule has 0 saturated heterocycles. The number of benzene rings is 2. The van der Waals surface area contributed by atoms with E-state index in [0.717, 1.165) is 0 Å². The second-order valence-electron chi connectivity index (χ2n) is 5.85. The van der Waals surface area contributed by atoms with Crippen molar-refractivity contribution in [1.82, 2.24) is 9.71 Å². The predicted molar refractivity (Wildman–Crippen MR) is 106 cm³/mol. The zero-order chi connectivity index (χ0) is 20.0. The summed E-state index contributed by atoms with van der Waals surface area (Å²) in [5.74, 6) is 0.348. The van der Waals surface area contributed by atoms with E-state index < -0.39 is 10.0 Å². The number of nitrogens with zero attached hydrogens (tertiary/aromatic N) is 1. The minimum atomic E-state index is -3.70. The number of hydrogen-bond donors (Lipinski definition) is 2. The van der Waals surface area contributed by atoms with E-state index in [0.29, 0.717) is 22.7 Å². The summed E-state index contributed by atoms with van der Waals surface area (Å²) in [4.78, 5) is 16.5. The molecule has 0 unspecified atom stereocenters. The van der Waals surface area contributed by atoms with E-state index in [9.17, 15) is 13.2 Å². The van der Waals surface area contributed by atoms with Crippen molar-refractivity contribution in [3.8, 4) is 5.75 Å². The highest BCUT2D eigenvalue weighted by Gasteiger charge is 2.15. The zero-order valence-corrected chi connectivity index (χ0v) is 15.9. The van der Waals surface area contributed by atoms with E-state index in [1.54, 1.807) is 55.8 Å². The normalized spacial score (nSPS) is 11.0. The molecule has 2 aromatic carbocycles. The summed E-state index contributed by atoms with van der Waals surface area (Å²) in [5.41, 5.74) is 1.57. The Kier molecular flexibility index (Phi) is 6.03. The number of carbonyl (C=O) groups is 1. The van der Waals surface area contributed by atoms with Gasteiger partial charge in [0, 0.05) is 17.4 Å². The lowest BCUT2D eigenvalue weighted by molar-refractivity contribution is 0.102. The fraction of sp³-hybridized carbons (Fsp3) is 0.100. The Bertz CT molecular complexity index is 1040. The van der Waals surface area contributed by atoms with Crippen LogP contribution in [0.3, 0.4) is 0 Å². The lowest BCUT2D eigenvalue weighted by Gasteiger charge is -2.09. The fourth-order valence-electron chi connectivity index (χ4n) is 2.42. The van der Waals surface area contributed by atoms with Gasteiger partial charge in [0.2, 0.25) is 10.0 Å². The zero-order valence-electron chi connectivity index (χ0n) is 15.1. The molecule has 1 heterocycles. The van der Waals surface area contributed by atoms with Gasteiger partial charge in [0.1, 0.15) is 5.75 Å². The van der Waals surface area contributed by atoms with Crippen LogP contribution in [0.25, 0.3) is 0 Å². The Morgan fingerprint density at radius 1 is 1.00 bits per heavy atom. The first-order valence-electron chi connectivity index (χ1n) is 8.43. The van der Waals surface area contributed by atoms with Crippen molar-refractivity contribution in [1.29, 1.82) is 0 Å². The van der Waals surface area contributed by atoms with Gasteiger partial charge in [0.15, 0.2) is 0 Å². The van der Waals surface area contributed by atoms with Gasteiger partial charge in [-0.3, -0.25) is 9.78 Å². The maximum atomic E-state index is 12.4. The quantitative estimate of drug-likeness (QED) is 0.639. The molecule has 0 spiro atoms. The summed E-state index contributed by atoms with van der Waals surface area (Å²) < 4.78 is 32.3. The molecule has 0 atom stereocenters. The summed E-state index contributed by atoms with van der Waals surface area (Å²) in [5, 5.41) is 2.75. The number of pyridine rings is 1. The van der Waals surface area contributed by atoms with E-state index in [-0.39, 0.29) is 17.3 Å². The van der Waals surface area contributed by atoms with Crippen LogP contribution in [-0.4, -0.2) is 26.4 Å². The number of carbonyl (C=O) groups excluding carboxylic acids is 1. The van der Waals surface area contributed by atoms with Crippen LogP contribution < -0.4 is 14.8 Å². The third-order valence-corrected chi connectivity index (χ3v) is 5.36. The van der Waals surface area contributed by atoms with Crippen LogP contribution in [0.1, 0.15) is 16.1 Å². The molecular weight excluding hydrogens is 378 g/mol. The van der Waals surface area contributed by atoms with Gasteiger partial charge >= 0.3 is 0 Å². The minimum absolute atomic E-state index is 0.0735. The predicted octanol–water partition coefficient (Wildman–Crippen LogP) is 2.82. The average Bonchev–Trinajstić information content (AvgIpc) is 2.74. The third kappa shape index (κ3) is 4.93.